The zero-order chi connectivity index (χ0) is 17.7. The molecule has 3 aromatic rings. The van der Waals surface area contributed by atoms with E-state index in [9.17, 15) is 9.59 Å². The van der Waals surface area contributed by atoms with Gasteiger partial charge in [0.1, 0.15) is 5.39 Å². The van der Waals surface area contributed by atoms with Crippen molar-refractivity contribution in [3.8, 4) is 0 Å². The fourth-order valence-corrected chi connectivity index (χ4v) is 4.73. The maximum Gasteiger partial charge on any atom is 0.271 e. The highest BCUT2D eigenvalue weighted by Gasteiger charge is 2.25. The number of aryl methyl sites for hydroxylation is 1. The van der Waals surface area contributed by atoms with Gasteiger partial charge in [-0.2, -0.15) is 0 Å². The van der Waals surface area contributed by atoms with Crippen LogP contribution in [0.3, 0.4) is 0 Å². The van der Waals surface area contributed by atoms with Gasteiger partial charge in [-0.05, 0) is 44.6 Å². The Morgan fingerprint density at radius 3 is 2.84 bits per heavy atom. The second kappa shape index (κ2) is 6.00. The number of nitrogens with zero attached hydrogens (tertiary/aromatic N) is 3. The van der Waals surface area contributed by atoms with Gasteiger partial charge in [0.15, 0.2) is 0 Å². The molecular weight excluding hydrogens is 336 g/mol. The van der Waals surface area contributed by atoms with Crippen molar-refractivity contribution >= 4 is 32.8 Å². The molecule has 25 heavy (non-hydrogen) atoms. The average Bonchev–Trinajstić information content (AvgIpc) is 3.23. The number of hydrogen-bond acceptors (Lipinski definition) is 5. The van der Waals surface area contributed by atoms with Crippen LogP contribution >= 0.6 is 11.5 Å². The van der Waals surface area contributed by atoms with Gasteiger partial charge in [0.2, 0.25) is 0 Å². The van der Waals surface area contributed by atoms with Crippen molar-refractivity contribution in [2.45, 2.75) is 25.8 Å². The standard InChI is InChI=1S/C18H22N4O2S/c1-4-13-14-9-11(21-7-5-12(10-21)20(2)3)6-8-22(14)18(24)15-16(13)25-19-17(15)23/h6,8-9,12H,4-5,7,10H2,1-3H3,(H,19,23)/t12-/m0/s1. The first-order valence-corrected chi connectivity index (χ1v) is 9.42. The molecule has 0 aromatic carbocycles. The minimum Gasteiger partial charge on any atom is -0.370 e. The number of anilines is 1. The van der Waals surface area contributed by atoms with E-state index in [4.69, 9.17) is 0 Å². The molecule has 132 valence electrons. The zero-order valence-electron chi connectivity index (χ0n) is 14.7. The molecule has 0 amide bonds. The summed E-state index contributed by atoms with van der Waals surface area (Å²) in [5, 5.41) is 0.279. The van der Waals surface area contributed by atoms with Crippen LogP contribution in [0.15, 0.2) is 27.9 Å². The highest BCUT2D eigenvalue weighted by atomic mass is 32.1. The van der Waals surface area contributed by atoms with Crippen molar-refractivity contribution in [3.05, 3.63) is 44.6 Å². The summed E-state index contributed by atoms with van der Waals surface area (Å²) in [6.45, 7) is 4.08. The lowest BCUT2D eigenvalue weighted by molar-refractivity contribution is 0.315. The van der Waals surface area contributed by atoms with Crippen molar-refractivity contribution in [2.24, 2.45) is 0 Å². The zero-order valence-corrected chi connectivity index (χ0v) is 15.5. The van der Waals surface area contributed by atoms with Crippen molar-refractivity contribution in [2.75, 3.05) is 32.1 Å². The molecule has 7 heteroatoms. The number of fused-ring (bicyclic) bond motifs is 2. The minimum absolute atomic E-state index is 0.233. The smallest absolute Gasteiger partial charge is 0.271 e. The predicted octanol–water partition coefficient (Wildman–Crippen LogP) is 1.91. The summed E-state index contributed by atoms with van der Waals surface area (Å²) in [7, 11) is 4.24. The van der Waals surface area contributed by atoms with Crippen LogP contribution in [0.25, 0.3) is 15.6 Å². The Bertz CT molecular complexity index is 1060. The fraction of sp³-hybridized carbons (Fsp3) is 0.444. The topological polar surface area (TPSA) is 60.8 Å². The van der Waals surface area contributed by atoms with Crippen LogP contribution < -0.4 is 16.0 Å². The molecule has 0 spiro atoms. The summed E-state index contributed by atoms with van der Waals surface area (Å²) in [4.78, 5) is 29.4. The highest BCUT2D eigenvalue weighted by Crippen LogP contribution is 2.27. The Labute approximate surface area is 149 Å². The van der Waals surface area contributed by atoms with Crippen molar-refractivity contribution in [1.29, 1.82) is 0 Å². The third-order valence-electron chi connectivity index (χ3n) is 5.27. The van der Waals surface area contributed by atoms with Gasteiger partial charge in [-0.15, -0.1) is 0 Å². The normalized spacial score (nSPS) is 18.1. The van der Waals surface area contributed by atoms with E-state index in [1.54, 1.807) is 4.40 Å². The van der Waals surface area contributed by atoms with E-state index in [2.05, 4.69) is 41.3 Å². The Morgan fingerprint density at radius 1 is 1.36 bits per heavy atom. The van der Waals surface area contributed by atoms with E-state index in [1.165, 1.54) is 11.5 Å². The monoisotopic (exact) mass is 358 g/mol. The molecule has 0 saturated carbocycles. The number of nitrogens with one attached hydrogen (secondary N) is 1. The van der Waals surface area contributed by atoms with Gasteiger partial charge in [0.05, 0.1) is 10.2 Å². The SMILES string of the molecule is CCc1c2s[nH]c(=O)c2c(=O)n2ccc(N3CC[C@H](N(C)C)C3)cc12. The van der Waals surface area contributed by atoms with E-state index in [1.807, 2.05) is 12.3 Å². The Morgan fingerprint density at radius 2 is 2.16 bits per heavy atom. The summed E-state index contributed by atoms with van der Waals surface area (Å²) >= 11 is 1.27. The van der Waals surface area contributed by atoms with E-state index >= 15 is 0 Å². The largest absolute Gasteiger partial charge is 0.370 e. The molecule has 1 fully saturated rings. The van der Waals surface area contributed by atoms with Crippen LogP contribution in [0.5, 0.6) is 0 Å². The summed E-state index contributed by atoms with van der Waals surface area (Å²) in [5.74, 6) is 0. The molecule has 0 radical (unpaired) electrons. The predicted molar refractivity (Wildman–Crippen MR) is 103 cm³/mol. The summed E-state index contributed by atoms with van der Waals surface area (Å²) < 4.78 is 5.12. The van der Waals surface area contributed by atoms with Crippen LogP contribution in [0.4, 0.5) is 5.69 Å². The quantitative estimate of drug-likeness (QED) is 0.777. The van der Waals surface area contributed by atoms with Gasteiger partial charge in [-0.1, -0.05) is 18.5 Å². The molecule has 1 aliphatic rings. The molecule has 1 saturated heterocycles. The second-order valence-electron chi connectivity index (χ2n) is 6.87. The first kappa shape index (κ1) is 16.4. The molecular formula is C18H22N4O2S. The van der Waals surface area contributed by atoms with E-state index in [0.717, 1.165) is 47.4 Å². The molecule has 3 aromatic heterocycles. The average molecular weight is 358 g/mol. The number of pyridine rings is 2. The van der Waals surface area contributed by atoms with Gasteiger partial charge in [0, 0.05) is 31.0 Å². The lowest BCUT2D eigenvalue weighted by Gasteiger charge is -2.22. The van der Waals surface area contributed by atoms with Gasteiger partial charge in [-0.25, -0.2) is 0 Å². The third-order valence-corrected chi connectivity index (χ3v) is 6.21. The van der Waals surface area contributed by atoms with E-state index < -0.39 is 0 Å². The molecule has 1 atom stereocenters. The fourth-order valence-electron chi connectivity index (χ4n) is 3.78. The first-order chi connectivity index (χ1) is 12.0. The molecule has 6 nitrogen and oxygen atoms in total. The molecule has 0 unspecified atom stereocenters. The van der Waals surface area contributed by atoms with E-state index in [0.29, 0.717) is 6.04 Å². The Balaban J connectivity index is 1.90. The molecule has 4 heterocycles. The lowest BCUT2D eigenvalue weighted by atomic mass is 10.1. The van der Waals surface area contributed by atoms with Crippen LogP contribution in [0, 0.1) is 0 Å². The first-order valence-electron chi connectivity index (χ1n) is 8.61. The van der Waals surface area contributed by atoms with Gasteiger partial charge < -0.3 is 9.80 Å². The van der Waals surface area contributed by atoms with Crippen LogP contribution in [0.1, 0.15) is 18.9 Å². The minimum atomic E-state index is -0.286. The van der Waals surface area contributed by atoms with Crippen molar-refractivity contribution in [3.63, 3.8) is 0 Å². The van der Waals surface area contributed by atoms with Gasteiger partial charge in [0.25, 0.3) is 11.1 Å². The van der Waals surface area contributed by atoms with Gasteiger partial charge >= 0.3 is 0 Å². The molecule has 4 rings (SSSR count). The second-order valence-corrected chi connectivity index (χ2v) is 7.68. The molecule has 0 bridgehead atoms. The maximum absolute atomic E-state index is 12.7. The summed E-state index contributed by atoms with van der Waals surface area (Å²) in [5.41, 5.74) is 2.58. The third kappa shape index (κ3) is 2.49. The Kier molecular flexibility index (Phi) is 3.92. The maximum atomic E-state index is 12.7. The highest BCUT2D eigenvalue weighted by molar-refractivity contribution is 7.13. The summed E-state index contributed by atoms with van der Waals surface area (Å²) in [6, 6.07) is 4.64. The number of likely N-dealkylation sites (N-methyl/N-ethyl adjacent to an activating group) is 1. The number of aromatic amines is 1. The van der Waals surface area contributed by atoms with Gasteiger partial charge in [-0.3, -0.25) is 18.4 Å². The molecule has 1 aliphatic heterocycles. The van der Waals surface area contributed by atoms with Crippen molar-refractivity contribution < 1.29 is 0 Å². The van der Waals surface area contributed by atoms with E-state index in [-0.39, 0.29) is 16.5 Å². The van der Waals surface area contributed by atoms with Crippen LogP contribution in [0.2, 0.25) is 0 Å². The van der Waals surface area contributed by atoms with Crippen LogP contribution in [-0.4, -0.2) is 46.9 Å². The summed E-state index contributed by atoms with van der Waals surface area (Å²) in [6.07, 6.45) is 3.73. The van der Waals surface area contributed by atoms with Crippen LogP contribution in [-0.2, 0) is 6.42 Å². The molecule has 0 aliphatic carbocycles. The molecule has 1 N–H and O–H groups in total. The number of rotatable bonds is 3. The number of H-pyrrole nitrogens is 1. The van der Waals surface area contributed by atoms with Crippen molar-refractivity contribution in [1.82, 2.24) is 13.7 Å². The number of aromatic nitrogens is 2. The lowest BCUT2D eigenvalue weighted by Crippen LogP contribution is -2.31. The Hall–Kier alpha value is -2.12. The number of hydrogen-bond donors (Lipinski definition) is 1.